The number of rotatable bonds is 0. The van der Waals surface area contributed by atoms with E-state index in [-0.39, 0.29) is 18.4 Å². The smallest absolute Gasteiger partial charge is 0.334 e. The molecule has 0 aromatic rings. The summed E-state index contributed by atoms with van der Waals surface area (Å²) in [4.78, 5) is 22.5. The van der Waals surface area contributed by atoms with E-state index >= 15 is 0 Å². The number of cyclic esters (lactones) is 1. The summed E-state index contributed by atoms with van der Waals surface area (Å²) in [5.41, 5.74) is 1.80. The third-order valence-electron chi connectivity index (χ3n) is 2.60. The molecule has 70 valence electrons. The minimum absolute atomic E-state index is 0.0280. The second-order valence-corrected chi connectivity index (χ2v) is 3.58. The Morgan fingerprint density at radius 3 is 2.69 bits per heavy atom. The zero-order valence-corrected chi connectivity index (χ0v) is 7.47. The second kappa shape index (κ2) is 3.32. The van der Waals surface area contributed by atoms with Crippen LogP contribution in [0.15, 0.2) is 11.1 Å². The molecule has 0 bridgehead atoms. The second-order valence-electron chi connectivity index (χ2n) is 3.58. The number of hydrogen-bond acceptors (Lipinski definition) is 3. The summed E-state index contributed by atoms with van der Waals surface area (Å²) in [6, 6.07) is 0. The molecule has 2 aliphatic rings. The van der Waals surface area contributed by atoms with Crippen LogP contribution in [0.5, 0.6) is 0 Å². The molecule has 1 heterocycles. The van der Waals surface area contributed by atoms with Gasteiger partial charge in [-0.1, -0.05) is 5.57 Å². The standard InChI is InChI=1S/C10H12O3/c11-8-5-7-3-1-2-4-9(7)10(12)13-6-8/h1-6H2. The number of ketones is 1. The highest BCUT2D eigenvalue weighted by Crippen LogP contribution is 2.29. The Kier molecular flexibility index (Phi) is 2.17. The molecule has 0 aromatic carbocycles. The van der Waals surface area contributed by atoms with Gasteiger partial charge in [-0.3, -0.25) is 4.79 Å². The van der Waals surface area contributed by atoms with E-state index < -0.39 is 0 Å². The van der Waals surface area contributed by atoms with Gasteiger partial charge in [0.1, 0.15) is 0 Å². The maximum atomic E-state index is 11.4. The first-order valence-corrected chi connectivity index (χ1v) is 4.67. The zero-order chi connectivity index (χ0) is 9.26. The van der Waals surface area contributed by atoms with Gasteiger partial charge in [-0.05, 0) is 25.7 Å². The topological polar surface area (TPSA) is 43.4 Å². The molecule has 0 amide bonds. The number of carbonyl (C=O) groups is 2. The molecular weight excluding hydrogens is 168 g/mol. The molecule has 0 spiro atoms. The monoisotopic (exact) mass is 180 g/mol. The highest BCUT2D eigenvalue weighted by Gasteiger charge is 2.25. The average Bonchev–Trinajstić information content (AvgIpc) is 2.27. The fourth-order valence-corrected chi connectivity index (χ4v) is 1.93. The van der Waals surface area contributed by atoms with Gasteiger partial charge in [0.05, 0.1) is 0 Å². The molecule has 1 aliphatic heterocycles. The number of allylic oxidation sites excluding steroid dienone is 1. The van der Waals surface area contributed by atoms with Crippen LogP contribution in [0.3, 0.4) is 0 Å². The van der Waals surface area contributed by atoms with E-state index in [0.29, 0.717) is 6.42 Å². The third-order valence-corrected chi connectivity index (χ3v) is 2.60. The fourth-order valence-electron chi connectivity index (χ4n) is 1.93. The van der Waals surface area contributed by atoms with Gasteiger partial charge in [-0.2, -0.15) is 0 Å². The number of esters is 1. The number of carbonyl (C=O) groups excluding carboxylic acids is 2. The molecule has 0 aromatic heterocycles. The normalized spacial score (nSPS) is 23.7. The van der Waals surface area contributed by atoms with Crippen LogP contribution in [0.1, 0.15) is 32.1 Å². The highest BCUT2D eigenvalue weighted by atomic mass is 16.5. The molecular formula is C10H12O3. The summed E-state index contributed by atoms with van der Waals surface area (Å²) < 4.78 is 4.84. The van der Waals surface area contributed by atoms with Crippen molar-refractivity contribution in [3.63, 3.8) is 0 Å². The lowest BCUT2D eigenvalue weighted by Crippen LogP contribution is -2.11. The molecule has 0 unspecified atom stereocenters. The van der Waals surface area contributed by atoms with Crippen LogP contribution in [0, 0.1) is 0 Å². The highest BCUT2D eigenvalue weighted by molar-refractivity contribution is 5.95. The van der Waals surface area contributed by atoms with Crippen LogP contribution in [0.4, 0.5) is 0 Å². The largest absolute Gasteiger partial charge is 0.454 e. The lowest BCUT2D eigenvalue weighted by atomic mass is 9.89. The molecule has 3 heteroatoms. The van der Waals surface area contributed by atoms with Crippen molar-refractivity contribution in [1.29, 1.82) is 0 Å². The molecule has 0 atom stereocenters. The van der Waals surface area contributed by atoms with Crippen LogP contribution >= 0.6 is 0 Å². The maximum Gasteiger partial charge on any atom is 0.334 e. The SMILES string of the molecule is O=C1COC(=O)C2=C(CCCC2)C1. The summed E-state index contributed by atoms with van der Waals surface area (Å²) in [7, 11) is 0. The molecule has 0 saturated heterocycles. The van der Waals surface area contributed by atoms with Crippen LogP contribution in [-0.2, 0) is 14.3 Å². The molecule has 0 N–H and O–H groups in total. The summed E-state index contributed by atoms with van der Waals surface area (Å²) >= 11 is 0. The van der Waals surface area contributed by atoms with Crippen molar-refractivity contribution in [2.75, 3.05) is 6.61 Å². The first kappa shape index (κ1) is 8.48. The van der Waals surface area contributed by atoms with Gasteiger partial charge < -0.3 is 4.74 Å². The Labute approximate surface area is 76.8 Å². The van der Waals surface area contributed by atoms with Gasteiger partial charge in [-0.25, -0.2) is 4.79 Å². The van der Waals surface area contributed by atoms with Crippen molar-refractivity contribution >= 4 is 11.8 Å². The minimum atomic E-state index is -0.263. The van der Waals surface area contributed by atoms with Crippen LogP contribution in [-0.4, -0.2) is 18.4 Å². The minimum Gasteiger partial charge on any atom is -0.454 e. The van der Waals surface area contributed by atoms with Crippen LogP contribution in [0.25, 0.3) is 0 Å². The molecule has 3 nitrogen and oxygen atoms in total. The van der Waals surface area contributed by atoms with Crippen molar-refractivity contribution in [1.82, 2.24) is 0 Å². The quantitative estimate of drug-likeness (QED) is 0.529. The van der Waals surface area contributed by atoms with Gasteiger partial charge in [0.15, 0.2) is 12.4 Å². The molecule has 1 aliphatic carbocycles. The molecule has 0 fully saturated rings. The predicted molar refractivity (Wildman–Crippen MR) is 46.1 cm³/mol. The van der Waals surface area contributed by atoms with E-state index in [1.807, 2.05) is 0 Å². The van der Waals surface area contributed by atoms with E-state index in [9.17, 15) is 9.59 Å². The van der Waals surface area contributed by atoms with Gasteiger partial charge in [0.2, 0.25) is 0 Å². The van der Waals surface area contributed by atoms with Crippen molar-refractivity contribution in [3.8, 4) is 0 Å². The average molecular weight is 180 g/mol. The molecule has 0 saturated carbocycles. The Hall–Kier alpha value is -1.12. The maximum absolute atomic E-state index is 11.4. The van der Waals surface area contributed by atoms with Crippen LogP contribution < -0.4 is 0 Å². The zero-order valence-electron chi connectivity index (χ0n) is 7.47. The Balaban J connectivity index is 2.30. The van der Waals surface area contributed by atoms with Crippen molar-refractivity contribution < 1.29 is 14.3 Å². The van der Waals surface area contributed by atoms with E-state index in [4.69, 9.17) is 4.74 Å². The van der Waals surface area contributed by atoms with E-state index in [2.05, 4.69) is 0 Å². The van der Waals surface area contributed by atoms with Gasteiger partial charge in [-0.15, -0.1) is 0 Å². The van der Waals surface area contributed by atoms with E-state index in [0.717, 1.165) is 36.8 Å². The Morgan fingerprint density at radius 1 is 1.08 bits per heavy atom. The van der Waals surface area contributed by atoms with Gasteiger partial charge in [0.25, 0.3) is 0 Å². The van der Waals surface area contributed by atoms with Gasteiger partial charge >= 0.3 is 5.97 Å². The lowest BCUT2D eigenvalue weighted by Gasteiger charge is -2.15. The first-order valence-electron chi connectivity index (χ1n) is 4.67. The summed E-state index contributed by atoms with van der Waals surface area (Å²) in [6.07, 6.45) is 4.26. The summed E-state index contributed by atoms with van der Waals surface area (Å²) in [6.45, 7) is -0.0359. The molecule has 2 rings (SSSR count). The molecule has 13 heavy (non-hydrogen) atoms. The van der Waals surface area contributed by atoms with Crippen molar-refractivity contribution in [2.24, 2.45) is 0 Å². The van der Waals surface area contributed by atoms with Crippen molar-refractivity contribution in [2.45, 2.75) is 32.1 Å². The van der Waals surface area contributed by atoms with Crippen LogP contribution in [0.2, 0.25) is 0 Å². The number of ether oxygens (including phenoxy) is 1. The third kappa shape index (κ3) is 1.64. The van der Waals surface area contributed by atoms with Crippen molar-refractivity contribution in [3.05, 3.63) is 11.1 Å². The van der Waals surface area contributed by atoms with E-state index in [1.54, 1.807) is 0 Å². The molecule has 0 radical (unpaired) electrons. The lowest BCUT2D eigenvalue weighted by molar-refractivity contribution is -0.143. The van der Waals surface area contributed by atoms with Gasteiger partial charge in [0, 0.05) is 12.0 Å². The number of hydrogen-bond donors (Lipinski definition) is 0. The fraction of sp³-hybridized carbons (Fsp3) is 0.600. The van der Waals surface area contributed by atoms with E-state index in [1.165, 1.54) is 0 Å². The summed E-state index contributed by atoms with van der Waals surface area (Å²) in [5, 5.41) is 0. The predicted octanol–water partition coefficient (Wildman–Crippen LogP) is 1.37. The summed E-state index contributed by atoms with van der Waals surface area (Å²) in [5.74, 6) is -0.235. The Bertz CT molecular complexity index is 289. The first-order chi connectivity index (χ1) is 6.27. The number of Topliss-reactive ketones (excluding diaryl/α,β-unsaturated/α-hetero) is 1. The Morgan fingerprint density at radius 2 is 1.85 bits per heavy atom.